The zero-order chi connectivity index (χ0) is 20.5. The molecule has 5 heteroatoms. The summed E-state index contributed by atoms with van der Waals surface area (Å²) in [7, 11) is 0. The number of rotatable bonds is 7. The first-order valence-electron chi connectivity index (χ1n) is 9.27. The maximum atomic E-state index is 12.4. The molecule has 2 N–H and O–H groups in total. The van der Waals surface area contributed by atoms with Crippen molar-refractivity contribution in [1.82, 2.24) is 5.32 Å². The highest BCUT2D eigenvalue weighted by Gasteiger charge is 2.10. The summed E-state index contributed by atoms with van der Waals surface area (Å²) in [4.78, 5) is 24.6. The molecule has 146 valence electrons. The Morgan fingerprint density at radius 1 is 0.897 bits per heavy atom. The number of anilines is 1. The Hall–Kier alpha value is -3.37. The van der Waals surface area contributed by atoms with Gasteiger partial charge in [0.2, 0.25) is 5.91 Å². The van der Waals surface area contributed by atoms with Crippen LogP contribution in [0.3, 0.4) is 0 Å². The lowest BCUT2D eigenvalue weighted by Gasteiger charge is -2.09. The molecule has 3 rings (SSSR count). The SMILES string of the molecule is O=C(/C=C\c1ccccc1)Nc1cc(C(=O)NCCc2ccccc2)ccc1Cl. The van der Waals surface area contributed by atoms with Crippen LogP contribution in [0.1, 0.15) is 21.5 Å². The zero-order valence-corrected chi connectivity index (χ0v) is 16.5. The molecule has 0 radical (unpaired) electrons. The summed E-state index contributed by atoms with van der Waals surface area (Å²) in [5, 5.41) is 5.97. The van der Waals surface area contributed by atoms with E-state index in [1.54, 1.807) is 24.3 Å². The summed E-state index contributed by atoms with van der Waals surface area (Å²) in [6.45, 7) is 0.521. The smallest absolute Gasteiger partial charge is 0.251 e. The fourth-order valence-electron chi connectivity index (χ4n) is 2.74. The van der Waals surface area contributed by atoms with E-state index in [1.165, 1.54) is 6.08 Å². The van der Waals surface area contributed by atoms with E-state index in [-0.39, 0.29) is 11.8 Å². The lowest BCUT2D eigenvalue weighted by molar-refractivity contribution is -0.111. The number of halogens is 1. The van der Waals surface area contributed by atoms with E-state index in [0.717, 1.165) is 17.5 Å². The summed E-state index contributed by atoms with van der Waals surface area (Å²) >= 11 is 6.18. The van der Waals surface area contributed by atoms with Gasteiger partial charge in [-0.2, -0.15) is 0 Å². The lowest BCUT2D eigenvalue weighted by atomic mass is 10.1. The molecule has 4 nitrogen and oxygen atoms in total. The fraction of sp³-hybridized carbons (Fsp3) is 0.0833. The quantitative estimate of drug-likeness (QED) is 0.546. The predicted molar refractivity (Wildman–Crippen MR) is 118 cm³/mol. The molecule has 0 heterocycles. The average molecular weight is 405 g/mol. The molecule has 0 aliphatic carbocycles. The van der Waals surface area contributed by atoms with Gasteiger partial charge in [0.25, 0.3) is 5.91 Å². The predicted octanol–water partition coefficient (Wildman–Crippen LogP) is 4.96. The number of carbonyl (C=O) groups excluding carboxylic acids is 2. The van der Waals surface area contributed by atoms with E-state index in [4.69, 9.17) is 11.6 Å². The van der Waals surface area contributed by atoms with E-state index in [0.29, 0.717) is 22.8 Å². The fourth-order valence-corrected chi connectivity index (χ4v) is 2.90. The van der Waals surface area contributed by atoms with Crippen molar-refractivity contribution in [2.24, 2.45) is 0 Å². The topological polar surface area (TPSA) is 58.2 Å². The first-order chi connectivity index (χ1) is 14.1. The maximum Gasteiger partial charge on any atom is 0.251 e. The molecular weight excluding hydrogens is 384 g/mol. The Morgan fingerprint density at radius 3 is 2.31 bits per heavy atom. The van der Waals surface area contributed by atoms with Gasteiger partial charge in [0.15, 0.2) is 0 Å². The Kier molecular flexibility index (Phi) is 7.20. The van der Waals surface area contributed by atoms with Crippen molar-refractivity contribution < 1.29 is 9.59 Å². The highest BCUT2D eigenvalue weighted by molar-refractivity contribution is 6.34. The van der Waals surface area contributed by atoms with Crippen LogP contribution < -0.4 is 10.6 Å². The minimum Gasteiger partial charge on any atom is -0.352 e. The van der Waals surface area contributed by atoms with Crippen molar-refractivity contribution in [2.75, 3.05) is 11.9 Å². The monoisotopic (exact) mass is 404 g/mol. The third kappa shape index (κ3) is 6.33. The molecule has 29 heavy (non-hydrogen) atoms. The number of carbonyl (C=O) groups is 2. The van der Waals surface area contributed by atoms with Gasteiger partial charge in [-0.25, -0.2) is 0 Å². The third-order valence-corrected chi connectivity index (χ3v) is 4.58. The molecule has 0 bridgehead atoms. The van der Waals surface area contributed by atoms with Crippen LogP contribution in [0.25, 0.3) is 6.08 Å². The van der Waals surface area contributed by atoms with Crippen LogP contribution in [0.2, 0.25) is 5.02 Å². The number of nitrogens with one attached hydrogen (secondary N) is 2. The highest BCUT2D eigenvalue weighted by atomic mass is 35.5. The molecular formula is C24H21ClN2O2. The van der Waals surface area contributed by atoms with Crippen molar-refractivity contribution in [1.29, 1.82) is 0 Å². The van der Waals surface area contributed by atoms with Gasteiger partial charge in [0.1, 0.15) is 0 Å². The Balaban J connectivity index is 1.59. The summed E-state index contributed by atoms with van der Waals surface area (Å²) in [6.07, 6.45) is 3.88. The van der Waals surface area contributed by atoms with Crippen molar-refractivity contribution >= 4 is 35.2 Å². The van der Waals surface area contributed by atoms with Crippen LogP contribution in [0.5, 0.6) is 0 Å². The third-order valence-electron chi connectivity index (χ3n) is 4.26. The molecule has 0 aliphatic heterocycles. The van der Waals surface area contributed by atoms with Crippen LogP contribution in [-0.2, 0) is 11.2 Å². The molecule has 0 aromatic heterocycles. The van der Waals surface area contributed by atoms with Gasteiger partial charge in [-0.1, -0.05) is 72.3 Å². The summed E-state index contributed by atoms with van der Waals surface area (Å²) < 4.78 is 0. The molecule has 0 aliphatic rings. The number of benzene rings is 3. The molecule has 2 amide bonds. The first kappa shape index (κ1) is 20.4. The molecule has 3 aromatic rings. The van der Waals surface area contributed by atoms with E-state index < -0.39 is 0 Å². The van der Waals surface area contributed by atoms with Gasteiger partial charge < -0.3 is 10.6 Å². The molecule has 0 saturated carbocycles. The van der Waals surface area contributed by atoms with Gasteiger partial charge >= 0.3 is 0 Å². The molecule has 3 aromatic carbocycles. The number of hydrogen-bond donors (Lipinski definition) is 2. The van der Waals surface area contributed by atoms with Crippen LogP contribution in [0.15, 0.2) is 84.9 Å². The van der Waals surface area contributed by atoms with Crippen molar-refractivity contribution in [3.63, 3.8) is 0 Å². The Morgan fingerprint density at radius 2 is 1.59 bits per heavy atom. The van der Waals surface area contributed by atoms with Gasteiger partial charge in [-0.15, -0.1) is 0 Å². The normalized spacial score (nSPS) is 10.7. The second-order valence-electron chi connectivity index (χ2n) is 6.42. The molecule has 0 fully saturated rings. The van der Waals surface area contributed by atoms with E-state index in [1.807, 2.05) is 60.7 Å². The lowest BCUT2D eigenvalue weighted by Crippen LogP contribution is -2.25. The van der Waals surface area contributed by atoms with E-state index in [9.17, 15) is 9.59 Å². The standard InChI is InChI=1S/C24H21ClN2O2/c25-21-13-12-20(24(29)26-16-15-19-9-5-2-6-10-19)17-22(21)27-23(28)14-11-18-7-3-1-4-8-18/h1-14,17H,15-16H2,(H,26,29)(H,27,28)/b14-11-. The molecule has 0 saturated heterocycles. The molecule has 0 atom stereocenters. The Labute approximate surface area is 175 Å². The molecule has 0 unspecified atom stereocenters. The molecule has 0 spiro atoms. The van der Waals surface area contributed by atoms with Crippen molar-refractivity contribution in [3.8, 4) is 0 Å². The van der Waals surface area contributed by atoms with Gasteiger partial charge in [0, 0.05) is 18.2 Å². The van der Waals surface area contributed by atoms with Crippen LogP contribution >= 0.6 is 11.6 Å². The van der Waals surface area contributed by atoms with E-state index in [2.05, 4.69) is 10.6 Å². The highest BCUT2D eigenvalue weighted by Crippen LogP contribution is 2.23. The first-order valence-corrected chi connectivity index (χ1v) is 9.65. The minimum absolute atomic E-state index is 0.215. The minimum atomic E-state index is -0.322. The Bertz CT molecular complexity index is 1000. The largest absolute Gasteiger partial charge is 0.352 e. The van der Waals surface area contributed by atoms with Crippen LogP contribution in [0.4, 0.5) is 5.69 Å². The number of amides is 2. The maximum absolute atomic E-state index is 12.4. The van der Waals surface area contributed by atoms with Gasteiger partial charge in [0.05, 0.1) is 10.7 Å². The summed E-state index contributed by atoms with van der Waals surface area (Å²) in [6, 6.07) is 24.3. The van der Waals surface area contributed by atoms with Crippen LogP contribution in [0, 0.1) is 0 Å². The second kappa shape index (κ2) is 10.2. The van der Waals surface area contributed by atoms with Gasteiger partial charge in [-0.3, -0.25) is 9.59 Å². The summed E-state index contributed by atoms with van der Waals surface area (Å²) in [5.74, 6) is -0.537. The summed E-state index contributed by atoms with van der Waals surface area (Å²) in [5.41, 5.74) is 2.90. The van der Waals surface area contributed by atoms with Crippen molar-refractivity contribution in [2.45, 2.75) is 6.42 Å². The zero-order valence-electron chi connectivity index (χ0n) is 15.8. The van der Waals surface area contributed by atoms with Crippen molar-refractivity contribution in [3.05, 3.63) is 107 Å². The second-order valence-corrected chi connectivity index (χ2v) is 6.83. The van der Waals surface area contributed by atoms with Gasteiger partial charge in [-0.05, 0) is 41.8 Å². The van der Waals surface area contributed by atoms with E-state index >= 15 is 0 Å². The number of hydrogen-bond acceptors (Lipinski definition) is 2. The van der Waals surface area contributed by atoms with Crippen LogP contribution in [-0.4, -0.2) is 18.4 Å². The average Bonchev–Trinajstić information content (AvgIpc) is 2.75.